The van der Waals surface area contributed by atoms with E-state index in [1.54, 1.807) is 11.3 Å². The lowest BCUT2D eigenvalue weighted by atomic mass is 10.2. The van der Waals surface area contributed by atoms with Gasteiger partial charge in [0.1, 0.15) is 12.7 Å². The predicted molar refractivity (Wildman–Crippen MR) is 125 cm³/mol. The fourth-order valence-corrected chi connectivity index (χ4v) is 4.79. The molecule has 0 unspecified atom stereocenters. The highest BCUT2D eigenvalue weighted by atomic mass is 32.2. The van der Waals surface area contributed by atoms with E-state index < -0.39 is 0 Å². The van der Waals surface area contributed by atoms with Crippen molar-refractivity contribution in [2.45, 2.75) is 11.3 Å². The van der Waals surface area contributed by atoms with Gasteiger partial charge in [0.05, 0.1) is 17.2 Å². The van der Waals surface area contributed by atoms with Crippen LogP contribution in [0.2, 0.25) is 0 Å². The fraction of sp³-hybridized carbons (Fsp3) is 0.174. The SMILES string of the molecule is O=C(CSc1nnc(-c2cccs2)n1-c1ccccc1)NC[C@H]1COc2ccccc2O1. The van der Waals surface area contributed by atoms with Crippen LogP contribution in [0.15, 0.2) is 77.3 Å². The Labute approximate surface area is 193 Å². The van der Waals surface area contributed by atoms with Crippen LogP contribution >= 0.6 is 23.1 Å². The van der Waals surface area contributed by atoms with Gasteiger partial charge in [-0.2, -0.15) is 0 Å². The van der Waals surface area contributed by atoms with Crippen LogP contribution in [0.4, 0.5) is 0 Å². The van der Waals surface area contributed by atoms with Gasteiger partial charge in [0.15, 0.2) is 22.5 Å². The Morgan fingerprint density at radius 2 is 1.88 bits per heavy atom. The van der Waals surface area contributed by atoms with E-state index in [0.717, 1.165) is 22.1 Å². The van der Waals surface area contributed by atoms with Crippen LogP contribution in [0.5, 0.6) is 11.5 Å². The summed E-state index contributed by atoms with van der Waals surface area (Å²) in [6.07, 6.45) is -0.225. The van der Waals surface area contributed by atoms with Gasteiger partial charge in [0, 0.05) is 5.69 Å². The topological polar surface area (TPSA) is 78.3 Å². The zero-order valence-electron chi connectivity index (χ0n) is 17.0. The number of aromatic nitrogens is 3. The average molecular weight is 465 g/mol. The first kappa shape index (κ1) is 20.6. The number of thioether (sulfide) groups is 1. The molecule has 1 atom stereocenters. The summed E-state index contributed by atoms with van der Waals surface area (Å²) < 4.78 is 13.6. The number of para-hydroxylation sites is 3. The standard InChI is InChI=1S/C23H20N4O3S2/c28-21(24-13-17-14-29-18-9-4-5-10-19(18)30-17)15-32-23-26-25-22(20-11-6-12-31-20)27(23)16-7-2-1-3-8-16/h1-12,17H,13-15H2,(H,24,28)/t17-/m0/s1. The molecule has 0 spiro atoms. The molecule has 2 aromatic heterocycles. The number of amides is 1. The average Bonchev–Trinajstić information content (AvgIpc) is 3.52. The van der Waals surface area contributed by atoms with Crippen molar-refractivity contribution >= 4 is 29.0 Å². The van der Waals surface area contributed by atoms with Crippen LogP contribution in [0.25, 0.3) is 16.4 Å². The normalized spacial score (nSPS) is 14.8. The summed E-state index contributed by atoms with van der Waals surface area (Å²) in [5.41, 5.74) is 0.954. The van der Waals surface area contributed by atoms with Crippen molar-refractivity contribution < 1.29 is 14.3 Å². The number of ether oxygens (including phenoxy) is 2. The zero-order chi connectivity index (χ0) is 21.8. The smallest absolute Gasteiger partial charge is 0.230 e. The highest BCUT2D eigenvalue weighted by molar-refractivity contribution is 7.99. The van der Waals surface area contributed by atoms with E-state index in [1.807, 2.05) is 76.7 Å². The maximum atomic E-state index is 12.5. The molecule has 9 heteroatoms. The maximum Gasteiger partial charge on any atom is 0.230 e. The van der Waals surface area contributed by atoms with Crippen molar-refractivity contribution in [3.8, 4) is 27.9 Å². The van der Waals surface area contributed by atoms with Gasteiger partial charge in [-0.3, -0.25) is 9.36 Å². The van der Waals surface area contributed by atoms with Gasteiger partial charge >= 0.3 is 0 Å². The van der Waals surface area contributed by atoms with Gasteiger partial charge in [0.25, 0.3) is 0 Å². The minimum absolute atomic E-state index is 0.0993. The lowest BCUT2D eigenvalue weighted by Gasteiger charge is -2.26. The molecule has 1 aliphatic rings. The number of hydrogen-bond acceptors (Lipinski definition) is 7. The van der Waals surface area contributed by atoms with Gasteiger partial charge in [0.2, 0.25) is 5.91 Å². The molecule has 0 saturated carbocycles. The van der Waals surface area contributed by atoms with E-state index in [1.165, 1.54) is 11.8 Å². The molecule has 0 aliphatic carbocycles. The van der Waals surface area contributed by atoms with Crippen molar-refractivity contribution in [3.05, 3.63) is 72.1 Å². The van der Waals surface area contributed by atoms with Crippen LogP contribution in [-0.4, -0.2) is 45.7 Å². The number of hydrogen-bond donors (Lipinski definition) is 1. The molecular formula is C23H20N4O3S2. The summed E-state index contributed by atoms with van der Waals surface area (Å²) in [6, 6.07) is 21.4. The minimum Gasteiger partial charge on any atom is -0.486 e. The van der Waals surface area contributed by atoms with E-state index in [-0.39, 0.29) is 17.8 Å². The number of carbonyl (C=O) groups is 1. The third-order valence-corrected chi connectivity index (χ3v) is 6.61. The molecule has 0 fully saturated rings. The predicted octanol–water partition coefficient (Wildman–Crippen LogP) is 4.04. The molecule has 5 rings (SSSR count). The van der Waals surface area contributed by atoms with Gasteiger partial charge in [-0.15, -0.1) is 21.5 Å². The Kier molecular flexibility index (Phi) is 6.09. The molecule has 0 radical (unpaired) electrons. The van der Waals surface area contributed by atoms with Crippen molar-refractivity contribution in [1.82, 2.24) is 20.1 Å². The molecule has 162 valence electrons. The molecule has 7 nitrogen and oxygen atoms in total. The molecule has 2 aromatic carbocycles. The van der Waals surface area contributed by atoms with Crippen molar-refractivity contribution in [1.29, 1.82) is 0 Å². The first-order valence-corrected chi connectivity index (χ1v) is 12.0. The summed E-state index contributed by atoms with van der Waals surface area (Å²) >= 11 is 2.96. The quantitative estimate of drug-likeness (QED) is 0.416. The molecule has 0 saturated heterocycles. The molecule has 1 aliphatic heterocycles. The second-order valence-corrected chi connectivity index (χ2v) is 8.93. The number of nitrogens with one attached hydrogen (secondary N) is 1. The summed E-state index contributed by atoms with van der Waals surface area (Å²) in [5, 5.41) is 14.3. The van der Waals surface area contributed by atoms with Crippen LogP contribution in [-0.2, 0) is 4.79 Å². The maximum absolute atomic E-state index is 12.5. The number of benzene rings is 2. The Hall–Kier alpha value is -3.30. The van der Waals surface area contributed by atoms with Crippen molar-refractivity contribution in [2.75, 3.05) is 18.9 Å². The number of carbonyl (C=O) groups excluding carboxylic acids is 1. The van der Waals surface area contributed by atoms with E-state index in [2.05, 4.69) is 15.5 Å². The van der Waals surface area contributed by atoms with E-state index in [4.69, 9.17) is 9.47 Å². The Morgan fingerprint density at radius 1 is 1.06 bits per heavy atom. The number of nitrogens with zero attached hydrogens (tertiary/aromatic N) is 3. The second kappa shape index (κ2) is 9.46. The van der Waals surface area contributed by atoms with Crippen LogP contribution in [0.1, 0.15) is 0 Å². The molecule has 0 bridgehead atoms. The summed E-state index contributed by atoms with van der Waals surface area (Å²) in [7, 11) is 0. The van der Waals surface area contributed by atoms with E-state index in [9.17, 15) is 4.79 Å². The lowest BCUT2D eigenvalue weighted by molar-refractivity contribution is -0.119. The van der Waals surface area contributed by atoms with Gasteiger partial charge in [-0.25, -0.2) is 0 Å². The van der Waals surface area contributed by atoms with Crippen LogP contribution in [0, 0.1) is 0 Å². The van der Waals surface area contributed by atoms with Crippen molar-refractivity contribution in [3.63, 3.8) is 0 Å². The number of fused-ring (bicyclic) bond motifs is 1. The highest BCUT2D eigenvalue weighted by Gasteiger charge is 2.22. The van der Waals surface area contributed by atoms with Crippen LogP contribution in [0.3, 0.4) is 0 Å². The minimum atomic E-state index is -0.225. The third-order valence-electron chi connectivity index (χ3n) is 4.82. The Morgan fingerprint density at radius 3 is 2.69 bits per heavy atom. The molecule has 32 heavy (non-hydrogen) atoms. The largest absolute Gasteiger partial charge is 0.486 e. The van der Waals surface area contributed by atoms with Crippen LogP contribution < -0.4 is 14.8 Å². The molecular weight excluding hydrogens is 444 g/mol. The fourth-order valence-electron chi connectivity index (χ4n) is 3.31. The first-order valence-electron chi connectivity index (χ1n) is 10.1. The zero-order valence-corrected chi connectivity index (χ0v) is 18.6. The van der Waals surface area contributed by atoms with Crippen molar-refractivity contribution in [2.24, 2.45) is 0 Å². The molecule has 1 N–H and O–H groups in total. The summed E-state index contributed by atoms with van der Waals surface area (Å²) in [6.45, 7) is 0.774. The van der Waals surface area contributed by atoms with Gasteiger partial charge in [-0.05, 0) is 35.7 Å². The monoisotopic (exact) mass is 464 g/mol. The highest BCUT2D eigenvalue weighted by Crippen LogP contribution is 2.31. The molecule has 4 aromatic rings. The Bertz CT molecular complexity index is 1200. The Balaban J connectivity index is 1.23. The van der Waals surface area contributed by atoms with E-state index >= 15 is 0 Å². The summed E-state index contributed by atoms with van der Waals surface area (Å²) in [4.78, 5) is 13.5. The van der Waals surface area contributed by atoms with Gasteiger partial charge < -0.3 is 14.8 Å². The molecule has 3 heterocycles. The molecule has 1 amide bonds. The first-order chi connectivity index (χ1) is 15.8. The summed E-state index contributed by atoms with van der Waals surface area (Å²) in [5.74, 6) is 2.31. The lowest BCUT2D eigenvalue weighted by Crippen LogP contribution is -2.41. The second-order valence-electron chi connectivity index (χ2n) is 7.04. The number of rotatable bonds is 7. The van der Waals surface area contributed by atoms with E-state index in [0.29, 0.717) is 24.1 Å². The van der Waals surface area contributed by atoms with Gasteiger partial charge in [-0.1, -0.05) is 48.2 Å². The third kappa shape index (κ3) is 4.49. The number of thiophene rings is 1.